The lowest BCUT2D eigenvalue weighted by Gasteiger charge is -2.35. The summed E-state index contributed by atoms with van der Waals surface area (Å²) in [5, 5.41) is 1.69. The van der Waals surface area contributed by atoms with Crippen molar-refractivity contribution in [3.05, 3.63) is 54.9 Å². The lowest BCUT2D eigenvalue weighted by atomic mass is 10.1. The molecular weight excluding hydrogens is 414 g/mol. The van der Waals surface area contributed by atoms with E-state index in [2.05, 4.69) is 19.8 Å². The number of morpholine rings is 1. The number of nitrogens with zero attached hydrogens (tertiary/aromatic N) is 5. The molecule has 1 aromatic heterocycles. The number of aromatic nitrogens is 2. The van der Waals surface area contributed by atoms with Crippen LogP contribution < -0.4 is 9.80 Å². The molecule has 0 bridgehead atoms. The summed E-state index contributed by atoms with van der Waals surface area (Å²) >= 11 is 0. The molecule has 0 amide bonds. The fourth-order valence-electron chi connectivity index (χ4n) is 4.19. The Morgan fingerprint density at radius 3 is 2.16 bits per heavy atom. The number of benzene rings is 2. The molecule has 8 nitrogen and oxygen atoms in total. The van der Waals surface area contributed by atoms with Crippen molar-refractivity contribution < 1.29 is 13.2 Å². The van der Waals surface area contributed by atoms with Crippen LogP contribution in [0.4, 0.5) is 11.6 Å². The van der Waals surface area contributed by atoms with E-state index in [4.69, 9.17) is 4.74 Å². The van der Waals surface area contributed by atoms with E-state index in [0.717, 1.165) is 35.5 Å². The van der Waals surface area contributed by atoms with Crippen LogP contribution in [-0.4, -0.2) is 75.2 Å². The summed E-state index contributed by atoms with van der Waals surface area (Å²) in [5.41, 5.74) is 0. The van der Waals surface area contributed by atoms with Crippen LogP contribution in [0.25, 0.3) is 10.8 Å². The molecule has 0 spiro atoms. The molecule has 0 radical (unpaired) electrons. The average Bonchev–Trinajstić information content (AvgIpc) is 2.84. The van der Waals surface area contributed by atoms with E-state index in [1.807, 2.05) is 36.4 Å². The van der Waals surface area contributed by atoms with E-state index in [1.54, 1.807) is 22.8 Å². The SMILES string of the molecule is O=S(=O)(c1cccc2ccccc12)N1CCN(c2cc(N3CCOCC3)ncn2)CC1. The van der Waals surface area contributed by atoms with Gasteiger partial charge in [-0.15, -0.1) is 0 Å². The zero-order valence-corrected chi connectivity index (χ0v) is 18.0. The van der Waals surface area contributed by atoms with Crippen molar-refractivity contribution in [2.75, 3.05) is 62.3 Å². The van der Waals surface area contributed by atoms with Crippen LogP contribution in [0.15, 0.2) is 59.8 Å². The van der Waals surface area contributed by atoms with Crippen molar-refractivity contribution in [2.24, 2.45) is 0 Å². The Hall–Kier alpha value is -2.75. The molecule has 3 heterocycles. The fraction of sp³-hybridized carbons (Fsp3) is 0.364. The van der Waals surface area contributed by atoms with Gasteiger partial charge in [-0.2, -0.15) is 4.31 Å². The predicted molar refractivity (Wildman–Crippen MR) is 120 cm³/mol. The molecule has 0 aliphatic carbocycles. The molecule has 0 unspecified atom stereocenters. The molecule has 2 aromatic carbocycles. The second kappa shape index (κ2) is 8.41. The van der Waals surface area contributed by atoms with Gasteiger partial charge in [0.1, 0.15) is 18.0 Å². The third-order valence-electron chi connectivity index (χ3n) is 5.90. The van der Waals surface area contributed by atoms with E-state index in [0.29, 0.717) is 44.3 Å². The minimum Gasteiger partial charge on any atom is -0.378 e. The van der Waals surface area contributed by atoms with Crippen molar-refractivity contribution in [3.8, 4) is 0 Å². The second-order valence-electron chi connectivity index (χ2n) is 7.70. The smallest absolute Gasteiger partial charge is 0.243 e. The first-order valence-corrected chi connectivity index (χ1v) is 11.9. The van der Waals surface area contributed by atoms with Crippen molar-refractivity contribution >= 4 is 32.4 Å². The second-order valence-corrected chi connectivity index (χ2v) is 9.61. The summed E-state index contributed by atoms with van der Waals surface area (Å²) < 4.78 is 33.7. The first-order valence-electron chi connectivity index (χ1n) is 10.5. The van der Waals surface area contributed by atoms with Crippen LogP contribution in [0.3, 0.4) is 0 Å². The molecule has 2 aliphatic rings. The third-order valence-corrected chi connectivity index (χ3v) is 7.86. The van der Waals surface area contributed by atoms with Crippen molar-refractivity contribution in [1.82, 2.24) is 14.3 Å². The standard InChI is InChI=1S/C22H25N5O3S/c28-31(29,20-7-3-5-18-4-1-2-6-19(18)20)27-10-8-25(9-11-27)21-16-22(24-17-23-21)26-12-14-30-15-13-26/h1-7,16-17H,8-15H2. The van der Waals surface area contributed by atoms with Gasteiger partial charge in [0.15, 0.2) is 0 Å². The number of hydrogen-bond acceptors (Lipinski definition) is 7. The van der Waals surface area contributed by atoms with Gasteiger partial charge >= 0.3 is 0 Å². The molecule has 0 atom stereocenters. The van der Waals surface area contributed by atoms with Gasteiger partial charge in [0.25, 0.3) is 0 Å². The van der Waals surface area contributed by atoms with Crippen molar-refractivity contribution in [1.29, 1.82) is 0 Å². The van der Waals surface area contributed by atoms with E-state index >= 15 is 0 Å². The molecule has 5 rings (SSSR count). The Bertz CT molecular complexity index is 1170. The minimum absolute atomic E-state index is 0.371. The van der Waals surface area contributed by atoms with Crippen LogP contribution in [-0.2, 0) is 14.8 Å². The van der Waals surface area contributed by atoms with E-state index in [9.17, 15) is 8.42 Å². The van der Waals surface area contributed by atoms with Gasteiger partial charge in [-0.1, -0.05) is 36.4 Å². The molecule has 2 aliphatic heterocycles. The maximum atomic E-state index is 13.4. The van der Waals surface area contributed by atoms with Gasteiger partial charge in [-0.25, -0.2) is 18.4 Å². The largest absolute Gasteiger partial charge is 0.378 e. The molecule has 3 aromatic rings. The van der Waals surface area contributed by atoms with Crippen LogP contribution in [0.2, 0.25) is 0 Å². The quantitative estimate of drug-likeness (QED) is 0.615. The zero-order chi connectivity index (χ0) is 21.3. The monoisotopic (exact) mass is 439 g/mol. The Balaban J connectivity index is 1.32. The average molecular weight is 440 g/mol. The first-order chi connectivity index (χ1) is 15.1. The number of anilines is 2. The molecule has 0 N–H and O–H groups in total. The zero-order valence-electron chi connectivity index (χ0n) is 17.2. The van der Waals surface area contributed by atoms with Gasteiger partial charge < -0.3 is 14.5 Å². The topological polar surface area (TPSA) is 78.9 Å². The Morgan fingerprint density at radius 2 is 1.42 bits per heavy atom. The molecular formula is C22H25N5O3S. The summed E-state index contributed by atoms with van der Waals surface area (Å²) in [7, 11) is -3.57. The van der Waals surface area contributed by atoms with Gasteiger partial charge in [0.05, 0.1) is 18.1 Å². The van der Waals surface area contributed by atoms with Crippen molar-refractivity contribution in [3.63, 3.8) is 0 Å². The van der Waals surface area contributed by atoms with E-state index in [1.165, 1.54) is 0 Å². The van der Waals surface area contributed by atoms with Gasteiger partial charge in [-0.3, -0.25) is 0 Å². The number of ether oxygens (including phenoxy) is 1. The highest BCUT2D eigenvalue weighted by atomic mass is 32.2. The Kier molecular flexibility index (Phi) is 5.47. The maximum absolute atomic E-state index is 13.4. The molecule has 31 heavy (non-hydrogen) atoms. The number of rotatable bonds is 4. The highest BCUT2D eigenvalue weighted by Crippen LogP contribution is 2.27. The third kappa shape index (κ3) is 3.96. The van der Waals surface area contributed by atoms with E-state index in [-0.39, 0.29) is 0 Å². The number of sulfonamides is 1. The Labute approximate surface area is 182 Å². The summed E-state index contributed by atoms with van der Waals surface area (Å²) in [5.74, 6) is 1.72. The lowest BCUT2D eigenvalue weighted by Crippen LogP contribution is -2.49. The first kappa shape index (κ1) is 20.2. The normalized spacial score (nSPS) is 18.5. The number of piperazine rings is 1. The Morgan fingerprint density at radius 1 is 0.774 bits per heavy atom. The van der Waals surface area contributed by atoms with Gasteiger partial charge in [-0.05, 0) is 11.5 Å². The highest BCUT2D eigenvalue weighted by molar-refractivity contribution is 7.89. The maximum Gasteiger partial charge on any atom is 0.243 e. The van der Waals surface area contributed by atoms with Gasteiger partial charge in [0, 0.05) is 50.7 Å². The van der Waals surface area contributed by atoms with Crippen molar-refractivity contribution in [2.45, 2.75) is 4.90 Å². The molecule has 2 fully saturated rings. The van der Waals surface area contributed by atoms with Crippen LogP contribution >= 0.6 is 0 Å². The van der Waals surface area contributed by atoms with Crippen LogP contribution in [0, 0.1) is 0 Å². The van der Waals surface area contributed by atoms with Gasteiger partial charge in [0.2, 0.25) is 10.0 Å². The molecule has 2 saturated heterocycles. The summed E-state index contributed by atoms with van der Waals surface area (Å²) in [4.78, 5) is 13.5. The summed E-state index contributed by atoms with van der Waals surface area (Å²) in [6.45, 7) is 5.03. The molecule has 0 saturated carbocycles. The fourth-order valence-corrected chi connectivity index (χ4v) is 5.83. The number of fused-ring (bicyclic) bond motifs is 1. The van der Waals surface area contributed by atoms with E-state index < -0.39 is 10.0 Å². The summed E-state index contributed by atoms with van der Waals surface area (Å²) in [6, 6.07) is 15.0. The summed E-state index contributed by atoms with van der Waals surface area (Å²) in [6.07, 6.45) is 1.58. The number of hydrogen-bond donors (Lipinski definition) is 0. The minimum atomic E-state index is -3.57. The lowest BCUT2D eigenvalue weighted by molar-refractivity contribution is 0.122. The predicted octanol–water partition coefficient (Wildman–Crippen LogP) is 1.98. The molecule has 9 heteroatoms. The van der Waals surface area contributed by atoms with Crippen LogP contribution in [0.5, 0.6) is 0 Å². The molecule has 162 valence electrons. The highest BCUT2D eigenvalue weighted by Gasteiger charge is 2.30. The van der Waals surface area contributed by atoms with Crippen LogP contribution in [0.1, 0.15) is 0 Å².